The van der Waals surface area contributed by atoms with Crippen LogP contribution in [-0.2, 0) is 0 Å². The van der Waals surface area contributed by atoms with E-state index >= 15 is 0 Å². The molecule has 1 rings (SSSR count). The largest absolute Gasteiger partial charge is 1.00 e. The average molecular weight is 411 g/mol. The number of rotatable bonds is 8. The first-order valence-corrected chi connectivity index (χ1v) is 6.40. The number of likely N-dealkylation sites (N-methyl/N-ethyl adjacent to an activating group) is 1. The van der Waals surface area contributed by atoms with E-state index in [1.165, 1.54) is 12.1 Å². The highest BCUT2D eigenvalue weighted by Crippen LogP contribution is 2.28. The van der Waals surface area contributed by atoms with Crippen molar-refractivity contribution in [2.75, 3.05) is 52.8 Å². The van der Waals surface area contributed by atoms with Crippen LogP contribution in [0.1, 0.15) is 0 Å². The van der Waals surface area contributed by atoms with Crippen LogP contribution in [0.15, 0.2) is 18.2 Å². The first-order valence-electron chi connectivity index (χ1n) is 6.40. The molecule has 120 valence electrons. The molecule has 1 aromatic carbocycles. The standard InChI is InChI=1S/C13H22N3O4.HI/c1-16(2,3)7-6-14-12-10-11(20-9-8-17)4-5-13(12)15(18)19;/h4-5,10,14,17H,6-9H2,1-3H3;1H/q+1;/p-1. The Morgan fingerprint density at radius 1 is 1.38 bits per heavy atom. The minimum absolute atomic E-state index is 0. The lowest BCUT2D eigenvalue weighted by Gasteiger charge is -2.24. The quantitative estimate of drug-likeness (QED) is 0.226. The highest BCUT2D eigenvalue weighted by molar-refractivity contribution is 5.64. The van der Waals surface area contributed by atoms with Gasteiger partial charge < -0.3 is 43.6 Å². The summed E-state index contributed by atoms with van der Waals surface area (Å²) in [6, 6.07) is 4.52. The maximum atomic E-state index is 11.0. The van der Waals surface area contributed by atoms with E-state index in [1.54, 1.807) is 6.07 Å². The van der Waals surface area contributed by atoms with Gasteiger partial charge in [-0.2, -0.15) is 0 Å². The van der Waals surface area contributed by atoms with Gasteiger partial charge in [0.1, 0.15) is 18.0 Å². The second-order valence-corrected chi connectivity index (χ2v) is 5.45. The van der Waals surface area contributed by atoms with Gasteiger partial charge in [0.05, 0.1) is 45.8 Å². The van der Waals surface area contributed by atoms with Crippen LogP contribution < -0.4 is 34.0 Å². The molecule has 0 radical (unpaired) electrons. The fourth-order valence-electron chi connectivity index (χ4n) is 1.60. The van der Waals surface area contributed by atoms with Crippen molar-refractivity contribution in [3.8, 4) is 5.75 Å². The maximum Gasteiger partial charge on any atom is 0.292 e. The molecule has 0 aliphatic heterocycles. The van der Waals surface area contributed by atoms with Crippen LogP contribution in [0, 0.1) is 10.1 Å². The van der Waals surface area contributed by atoms with Crippen LogP contribution in [-0.4, -0.2) is 62.0 Å². The van der Waals surface area contributed by atoms with Crippen LogP contribution in [0.5, 0.6) is 5.75 Å². The number of nitro benzene ring substituents is 1. The van der Waals surface area contributed by atoms with Crippen LogP contribution in [0.25, 0.3) is 0 Å². The van der Waals surface area contributed by atoms with Crippen LogP contribution in [0.2, 0.25) is 0 Å². The highest BCUT2D eigenvalue weighted by atomic mass is 127. The number of hydrogen-bond donors (Lipinski definition) is 2. The Balaban J connectivity index is 0.00000400. The zero-order chi connectivity index (χ0) is 15.2. The van der Waals surface area contributed by atoms with Crippen molar-refractivity contribution in [1.29, 1.82) is 0 Å². The summed E-state index contributed by atoms with van der Waals surface area (Å²) >= 11 is 0. The molecule has 0 bridgehead atoms. The second kappa shape index (κ2) is 9.00. The molecule has 7 nitrogen and oxygen atoms in total. The van der Waals surface area contributed by atoms with Gasteiger partial charge in [0.2, 0.25) is 0 Å². The van der Waals surface area contributed by atoms with Gasteiger partial charge in [-0.3, -0.25) is 10.1 Å². The smallest absolute Gasteiger partial charge is 0.292 e. The van der Waals surface area contributed by atoms with Gasteiger partial charge in [0.15, 0.2) is 0 Å². The summed E-state index contributed by atoms with van der Waals surface area (Å²) in [5.74, 6) is 0.498. The number of halogens is 1. The number of nitrogens with zero attached hydrogens (tertiary/aromatic N) is 2. The minimum Gasteiger partial charge on any atom is -1.00 e. The molecule has 0 unspecified atom stereocenters. The van der Waals surface area contributed by atoms with Gasteiger partial charge in [0, 0.05) is 12.1 Å². The zero-order valence-corrected chi connectivity index (χ0v) is 14.7. The summed E-state index contributed by atoms with van der Waals surface area (Å²) in [6.45, 7) is 1.52. The number of nitrogens with one attached hydrogen (secondary N) is 1. The summed E-state index contributed by atoms with van der Waals surface area (Å²) in [5.41, 5.74) is 0.446. The van der Waals surface area contributed by atoms with Crippen molar-refractivity contribution in [3.05, 3.63) is 28.3 Å². The number of benzene rings is 1. The Morgan fingerprint density at radius 3 is 2.57 bits per heavy atom. The highest BCUT2D eigenvalue weighted by Gasteiger charge is 2.15. The zero-order valence-electron chi connectivity index (χ0n) is 12.5. The van der Waals surface area contributed by atoms with Gasteiger partial charge in [0.25, 0.3) is 5.69 Å². The predicted octanol–water partition coefficient (Wildman–Crippen LogP) is -1.91. The summed E-state index contributed by atoms with van der Waals surface area (Å²) < 4.78 is 6.03. The topological polar surface area (TPSA) is 84.6 Å². The first-order chi connectivity index (χ1) is 9.33. The van der Waals surface area contributed by atoms with Crippen molar-refractivity contribution in [2.45, 2.75) is 0 Å². The molecule has 8 heteroatoms. The van der Waals surface area contributed by atoms with Crippen LogP contribution >= 0.6 is 0 Å². The Bertz CT molecular complexity index is 463. The Labute approximate surface area is 141 Å². The molecular formula is C13H22IN3O4. The molecule has 0 aromatic heterocycles. The molecule has 0 heterocycles. The van der Waals surface area contributed by atoms with Crippen LogP contribution in [0.3, 0.4) is 0 Å². The Hall–Kier alpha value is -1.13. The summed E-state index contributed by atoms with van der Waals surface area (Å²) in [6.07, 6.45) is 0. The number of hydrogen-bond acceptors (Lipinski definition) is 5. The Kier molecular flexibility index (Phi) is 8.52. The monoisotopic (exact) mass is 411 g/mol. The second-order valence-electron chi connectivity index (χ2n) is 5.45. The number of quaternary nitrogens is 1. The van der Waals surface area contributed by atoms with Crippen molar-refractivity contribution in [3.63, 3.8) is 0 Å². The van der Waals surface area contributed by atoms with Gasteiger partial charge >= 0.3 is 0 Å². The van der Waals surface area contributed by atoms with Crippen molar-refractivity contribution < 1.29 is 43.2 Å². The third kappa shape index (κ3) is 7.44. The molecule has 0 spiro atoms. The molecule has 0 aliphatic carbocycles. The molecule has 0 amide bonds. The minimum atomic E-state index is -0.426. The molecule has 2 N–H and O–H groups in total. The Morgan fingerprint density at radius 2 is 2.05 bits per heavy atom. The normalized spacial score (nSPS) is 10.7. The van der Waals surface area contributed by atoms with E-state index in [2.05, 4.69) is 26.5 Å². The lowest BCUT2D eigenvalue weighted by atomic mass is 10.2. The summed E-state index contributed by atoms with van der Waals surface area (Å²) in [4.78, 5) is 10.6. The molecule has 1 aromatic rings. The number of anilines is 1. The van der Waals surface area contributed by atoms with Gasteiger partial charge in [-0.1, -0.05) is 0 Å². The van der Waals surface area contributed by atoms with E-state index in [4.69, 9.17) is 9.84 Å². The molecule has 21 heavy (non-hydrogen) atoms. The fraction of sp³-hybridized carbons (Fsp3) is 0.538. The van der Waals surface area contributed by atoms with Crippen LogP contribution in [0.4, 0.5) is 11.4 Å². The van der Waals surface area contributed by atoms with E-state index < -0.39 is 4.92 Å². The maximum absolute atomic E-state index is 11.0. The van der Waals surface area contributed by atoms with Crippen molar-refractivity contribution in [2.24, 2.45) is 0 Å². The third-order valence-corrected chi connectivity index (χ3v) is 2.62. The molecule has 0 saturated carbocycles. The molecule has 0 aliphatic rings. The van der Waals surface area contributed by atoms with E-state index in [-0.39, 0.29) is 42.9 Å². The lowest BCUT2D eigenvalue weighted by Crippen LogP contribution is -3.00. The summed E-state index contributed by atoms with van der Waals surface area (Å²) in [5, 5.41) is 22.8. The number of aliphatic hydroxyl groups is 1. The van der Waals surface area contributed by atoms with Gasteiger partial charge in [-0.25, -0.2) is 0 Å². The number of nitro groups is 1. The molecular weight excluding hydrogens is 389 g/mol. The number of aliphatic hydroxyl groups excluding tert-OH is 1. The van der Waals surface area contributed by atoms with Crippen molar-refractivity contribution >= 4 is 11.4 Å². The molecule has 0 atom stereocenters. The number of ether oxygens (including phenoxy) is 1. The van der Waals surface area contributed by atoms with Crippen molar-refractivity contribution in [1.82, 2.24) is 0 Å². The molecule has 0 saturated heterocycles. The average Bonchev–Trinajstić information content (AvgIpc) is 2.34. The molecule has 0 fully saturated rings. The van der Waals surface area contributed by atoms with E-state index in [9.17, 15) is 10.1 Å². The predicted molar refractivity (Wildman–Crippen MR) is 77.1 cm³/mol. The fourth-order valence-corrected chi connectivity index (χ4v) is 1.60. The van der Waals surface area contributed by atoms with Gasteiger partial charge in [-0.05, 0) is 6.07 Å². The van der Waals surface area contributed by atoms with E-state index in [0.717, 1.165) is 11.0 Å². The lowest BCUT2D eigenvalue weighted by molar-refractivity contribution is -0.868. The van der Waals surface area contributed by atoms with E-state index in [1.807, 2.05) is 0 Å². The summed E-state index contributed by atoms with van der Waals surface area (Å²) in [7, 11) is 6.16. The van der Waals surface area contributed by atoms with E-state index in [0.29, 0.717) is 18.0 Å². The SMILES string of the molecule is C[N+](C)(C)CCNc1cc(OCCO)ccc1[N+](=O)[O-].[I-]. The first kappa shape index (κ1) is 19.9. The third-order valence-electron chi connectivity index (χ3n) is 2.62. The van der Waals surface area contributed by atoms with Gasteiger partial charge in [-0.15, -0.1) is 0 Å².